The van der Waals surface area contributed by atoms with Crippen molar-refractivity contribution < 1.29 is 80.2 Å². The van der Waals surface area contributed by atoms with Crippen molar-refractivity contribution in [3.05, 3.63) is 24.3 Å². The fourth-order valence-electron chi connectivity index (χ4n) is 11.4. The monoisotopic (exact) mass is 1420 g/mol. The van der Waals surface area contributed by atoms with Gasteiger partial charge < -0.3 is 33.8 Å². The molecule has 0 radical (unpaired) electrons. The lowest BCUT2D eigenvalue weighted by Crippen LogP contribution is -2.30. The Hall–Kier alpha value is -2.46. The average molecular weight is 1420 g/mol. The zero-order valence-electron chi connectivity index (χ0n) is 63.0. The Balaban J connectivity index is 5.27. The van der Waals surface area contributed by atoms with Gasteiger partial charge in [0.25, 0.3) is 0 Å². The maximum Gasteiger partial charge on any atom is 0.472 e. The van der Waals surface area contributed by atoms with Gasteiger partial charge in [0.05, 0.1) is 26.4 Å². The average Bonchev–Trinajstić information content (AvgIpc) is 1.17. The number of ether oxygens (including phenoxy) is 4. The van der Waals surface area contributed by atoms with E-state index in [2.05, 4.69) is 72.8 Å². The van der Waals surface area contributed by atoms with Crippen molar-refractivity contribution in [1.29, 1.82) is 0 Å². The maximum absolute atomic E-state index is 13.1. The summed E-state index contributed by atoms with van der Waals surface area (Å²) in [7, 11) is -9.93. The molecule has 0 saturated carbocycles. The van der Waals surface area contributed by atoms with E-state index in [0.29, 0.717) is 25.7 Å². The molecule has 0 heterocycles. The van der Waals surface area contributed by atoms with Gasteiger partial charge in [0.1, 0.15) is 19.3 Å². The normalized spacial score (nSPS) is 14.2. The summed E-state index contributed by atoms with van der Waals surface area (Å²) in [6.45, 7) is 11.8. The van der Waals surface area contributed by atoms with Gasteiger partial charge in [0.15, 0.2) is 12.2 Å². The highest BCUT2D eigenvalue weighted by molar-refractivity contribution is 7.47. The number of unbranched alkanes of at least 4 members (excludes halogenated alkanes) is 39. The molecule has 19 heteroatoms. The lowest BCUT2D eigenvalue weighted by Gasteiger charge is -2.21. The Morgan fingerprint density at radius 3 is 0.835 bits per heavy atom. The standard InChI is InChI=1S/C78H148O17P2/c1-8-9-10-11-12-13-14-15-18-23-26-31-40-47-54-61-77(82)94-73(65-88-75(80)59-52-45-38-30-25-22-20-17-16-19-21-24-28-35-42-49-56-69(2)3)67-92-96(84,85)90-63-72(79)64-91-97(86,87)93-68-74(66-89-76(81)60-53-46-39-34-33-37-44-51-58-71(6)7)95-78(83)62-55-48-41-32-27-29-36-43-50-57-70(4)5/h13-15,18,69-74,79H,8-12,16-17,19-68H2,1-7H3,(H,84,85)(H,86,87)/b14-13-,18-15-/t72?,73-,74-/m1/s1. The molecular formula is C78H148O17P2. The minimum Gasteiger partial charge on any atom is -0.462 e. The topological polar surface area (TPSA) is 237 Å². The summed E-state index contributed by atoms with van der Waals surface area (Å²) >= 11 is 0. The number of aliphatic hydroxyl groups excluding tert-OH is 1. The van der Waals surface area contributed by atoms with Crippen LogP contribution in [0.5, 0.6) is 0 Å². The first kappa shape index (κ1) is 94.5. The molecule has 0 spiro atoms. The van der Waals surface area contributed by atoms with Crippen molar-refractivity contribution in [2.24, 2.45) is 17.8 Å². The van der Waals surface area contributed by atoms with Crippen molar-refractivity contribution in [2.75, 3.05) is 39.6 Å². The lowest BCUT2D eigenvalue weighted by atomic mass is 10.0. The van der Waals surface area contributed by atoms with Gasteiger partial charge in [-0.15, -0.1) is 0 Å². The van der Waals surface area contributed by atoms with Crippen LogP contribution in [0.15, 0.2) is 24.3 Å². The summed E-state index contributed by atoms with van der Waals surface area (Å²) in [5, 5.41) is 10.6. The number of hydrogen-bond acceptors (Lipinski definition) is 15. The number of rotatable bonds is 74. The molecule has 3 N–H and O–H groups in total. The summed E-state index contributed by atoms with van der Waals surface area (Å²) in [6.07, 6.45) is 57.8. The molecule has 0 aliphatic carbocycles. The highest BCUT2D eigenvalue weighted by Gasteiger charge is 2.30. The van der Waals surface area contributed by atoms with Gasteiger partial charge >= 0.3 is 39.5 Å². The zero-order chi connectivity index (χ0) is 71.6. The first-order valence-electron chi connectivity index (χ1n) is 39.7. The predicted molar refractivity (Wildman–Crippen MR) is 395 cm³/mol. The second-order valence-electron chi connectivity index (χ2n) is 28.8. The van der Waals surface area contributed by atoms with Crippen molar-refractivity contribution in [2.45, 2.75) is 394 Å². The van der Waals surface area contributed by atoms with Crippen LogP contribution < -0.4 is 0 Å². The molecule has 0 aliphatic rings. The second-order valence-corrected chi connectivity index (χ2v) is 31.7. The number of aliphatic hydroxyl groups is 1. The molecule has 5 atom stereocenters. The Morgan fingerprint density at radius 1 is 0.320 bits per heavy atom. The minimum absolute atomic E-state index is 0.0850. The van der Waals surface area contributed by atoms with Gasteiger partial charge in [0, 0.05) is 25.7 Å². The first-order chi connectivity index (χ1) is 46.7. The smallest absolute Gasteiger partial charge is 0.462 e. The van der Waals surface area contributed by atoms with Crippen molar-refractivity contribution in [3.8, 4) is 0 Å². The van der Waals surface area contributed by atoms with Crippen LogP contribution in [-0.4, -0.2) is 96.7 Å². The van der Waals surface area contributed by atoms with Crippen molar-refractivity contribution >= 4 is 39.5 Å². The molecule has 0 aliphatic heterocycles. The summed E-state index contributed by atoms with van der Waals surface area (Å²) in [5.74, 6) is 0.123. The maximum atomic E-state index is 13.1. The van der Waals surface area contributed by atoms with Gasteiger partial charge in [-0.2, -0.15) is 0 Å². The van der Waals surface area contributed by atoms with Crippen LogP contribution in [0.25, 0.3) is 0 Å². The molecule has 0 fully saturated rings. The Bertz CT molecular complexity index is 1980. The SMILES string of the molecule is CCCCCC/C=C\C=C/CCCCCCCC(=O)O[C@H](COC(=O)CCCCCCCCCCCCCCCCCCC(C)C)COP(=O)(O)OCC(O)COP(=O)(O)OC[C@@H](COC(=O)CCCCCCCCCCC(C)C)OC(=O)CCCCCCCCCCCC(C)C. The molecule has 17 nitrogen and oxygen atoms in total. The summed E-state index contributed by atoms with van der Waals surface area (Å²) in [4.78, 5) is 72.8. The van der Waals surface area contributed by atoms with E-state index in [1.165, 1.54) is 173 Å². The molecule has 0 rings (SSSR count). The van der Waals surface area contributed by atoms with Crippen molar-refractivity contribution in [3.63, 3.8) is 0 Å². The van der Waals surface area contributed by atoms with Gasteiger partial charge in [0.2, 0.25) is 0 Å². The van der Waals surface area contributed by atoms with Gasteiger partial charge in [-0.25, -0.2) is 9.13 Å². The molecular weight excluding hydrogens is 1270 g/mol. The van der Waals surface area contributed by atoms with Crippen LogP contribution in [-0.2, 0) is 65.4 Å². The quantitative estimate of drug-likeness (QED) is 0.0169. The number of hydrogen-bond donors (Lipinski definition) is 3. The Kier molecular flexibility index (Phi) is 66.3. The predicted octanol–water partition coefficient (Wildman–Crippen LogP) is 22.5. The Labute approximate surface area is 592 Å². The molecule has 0 amide bonds. The number of carbonyl (C=O) groups excluding carboxylic acids is 4. The highest BCUT2D eigenvalue weighted by Crippen LogP contribution is 2.45. The molecule has 0 aromatic heterocycles. The number of carbonyl (C=O) groups is 4. The largest absolute Gasteiger partial charge is 0.472 e. The van der Waals surface area contributed by atoms with Crippen LogP contribution >= 0.6 is 15.6 Å². The number of phosphoric ester groups is 2. The van der Waals surface area contributed by atoms with Gasteiger partial charge in [-0.3, -0.25) is 37.3 Å². The fourth-order valence-corrected chi connectivity index (χ4v) is 13.0. The van der Waals surface area contributed by atoms with E-state index < -0.39 is 97.5 Å². The molecule has 0 saturated heterocycles. The van der Waals surface area contributed by atoms with Crippen LogP contribution in [0.4, 0.5) is 0 Å². The van der Waals surface area contributed by atoms with E-state index in [-0.39, 0.29) is 25.7 Å². The van der Waals surface area contributed by atoms with E-state index in [0.717, 1.165) is 120 Å². The molecule has 0 bridgehead atoms. The fraction of sp³-hybridized carbons (Fsp3) is 0.897. The minimum atomic E-state index is -4.97. The third kappa shape index (κ3) is 71.7. The molecule has 572 valence electrons. The van der Waals surface area contributed by atoms with Crippen molar-refractivity contribution in [1.82, 2.24) is 0 Å². The van der Waals surface area contributed by atoms with E-state index in [1.54, 1.807) is 0 Å². The lowest BCUT2D eigenvalue weighted by molar-refractivity contribution is -0.161. The van der Waals surface area contributed by atoms with Gasteiger partial charge in [-0.05, 0) is 69.1 Å². The van der Waals surface area contributed by atoms with Crippen LogP contribution in [0.3, 0.4) is 0 Å². The third-order valence-electron chi connectivity index (χ3n) is 17.5. The molecule has 3 unspecified atom stereocenters. The Morgan fingerprint density at radius 2 is 0.557 bits per heavy atom. The summed E-state index contributed by atoms with van der Waals surface area (Å²) in [5.41, 5.74) is 0. The third-order valence-corrected chi connectivity index (χ3v) is 19.4. The number of esters is 4. The number of allylic oxidation sites excluding steroid dienone is 4. The molecule has 0 aromatic carbocycles. The van der Waals surface area contributed by atoms with E-state index in [9.17, 15) is 43.2 Å². The van der Waals surface area contributed by atoms with Crippen LogP contribution in [0.1, 0.15) is 376 Å². The zero-order valence-corrected chi connectivity index (χ0v) is 64.8. The first-order valence-corrected chi connectivity index (χ1v) is 42.7. The van der Waals surface area contributed by atoms with Gasteiger partial charge in [-0.1, -0.05) is 323 Å². The van der Waals surface area contributed by atoms with Crippen LogP contribution in [0, 0.1) is 17.8 Å². The summed E-state index contributed by atoms with van der Waals surface area (Å²) < 4.78 is 68.5. The second kappa shape index (κ2) is 68.0. The van der Waals surface area contributed by atoms with Crippen LogP contribution in [0.2, 0.25) is 0 Å². The highest BCUT2D eigenvalue weighted by atomic mass is 31.2. The van der Waals surface area contributed by atoms with E-state index in [4.69, 9.17) is 37.0 Å². The molecule has 97 heavy (non-hydrogen) atoms. The van der Waals surface area contributed by atoms with E-state index in [1.807, 2.05) is 0 Å². The number of phosphoric acid groups is 2. The molecule has 0 aromatic rings. The summed E-state index contributed by atoms with van der Waals surface area (Å²) in [6, 6.07) is 0. The van der Waals surface area contributed by atoms with E-state index >= 15 is 0 Å².